The Hall–Kier alpha value is -1.52. The van der Waals surface area contributed by atoms with Gasteiger partial charge >= 0.3 is 0 Å². The summed E-state index contributed by atoms with van der Waals surface area (Å²) in [5, 5.41) is 3.75. The number of hydrogen-bond acceptors (Lipinski definition) is 4. The van der Waals surface area contributed by atoms with Gasteiger partial charge in [-0.2, -0.15) is 0 Å². The van der Waals surface area contributed by atoms with Gasteiger partial charge in [0.15, 0.2) is 0 Å². The zero-order chi connectivity index (χ0) is 15.5. The molecule has 0 bridgehead atoms. The summed E-state index contributed by atoms with van der Waals surface area (Å²) in [7, 11) is 0. The Morgan fingerprint density at radius 2 is 2.04 bits per heavy atom. The normalized spacial score (nSPS) is 20.5. The first-order chi connectivity index (χ1) is 11.4. The molecule has 1 aromatic carbocycles. The minimum Gasteiger partial charge on any atom is -0.357 e. The summed E-state index contributed by atoms with van der Waals surface area (Å²) in [5.41, 5.74) is 2.79. The minimum atomic E-state index is 0.468. The van der Waals surface area contributed by atoms with Crippen molar-refractivity contribution in [3.8, 4) is 0 Å². The third-order valence-electron chi connectivity index (χ3n) is 4.75. The van der Waals surface area contributed by atoms with E-state index in [4.69, 9.17) is 0 Å². The van der Waals surface area contributed by atoms with Crippen molar-refractivity contribution in [2.45, 2.75) is 36.7 Å². The van der Waals surface area contributed by atoms with Gasteiger partial charge in [-0.25, -0.2) is 4.98 Å². The van der Waals surface area contributed by atoms with E-state index in [9.17, 15) is 0 Å². The summed E-state index contributed by atoms with van der Waals surface area (Å²) in [6, 6.07) is 13.7. The molecule has 1 fully saturated rings. The van der Waals surface area contributed by atoms with E-state index in [1.807, 2.05) is 18.0 Å². The Morgan fingerprint density at radius 3 is 2.96 bits per heavy atom. The molecule has 2 aromatic rings. The van der Waals surface area contributed by atoms with Crippen LogP contribution in [0.15, 0.2) is 47.5 Å². The van der Waals surface area contributed by atoms with E-state index in [0.717, 1.165) is 25.5 Å². The third-order valence-corrected chi connectivity index (χ3v) is 5.87. The molecule has 0 aliphatic carbocycles. The molecule has 0 radical (unpaired) electrons. The lowest BCUT2D eigenvalue weighted by molar-refractivity contribution is 0.510. The molecule has 1 N–H and O–H groups in total. The van der Waals surface area contributed by atoms with Gasteiger partial charge in [-0.05, 0) is 54.3 Å². The number of hydrogen-bond donors (Lipinski definition) is 1. The second kappa shape index (κ2) is 6.93. The van der Waals surface area contributed by atoms with Gasteiger partial charge in [0.25, 0.3) is 0 Å². The van der Waals surface area contributed by atoms with Gasteiger partial charge in [0.1, 0.15) is 5.82 Å². The van der Waals surface area contributed by atoms with Crippen LogP contribution in [0.1, 0.15) is 36.4 Å². The Labute approximate surface area is 142 Å². The smallest absolute Gasteiger partial charge is 0.128 e. The van der Waals surface area contributed by atoms with Crippen molar-refractivity contribution < 1.29 is 0 Å². The van der Waals surface area contributed by atoms with Crippen molar-refractivity contribution in [2.24, 2.45) is 0 Å². The van der Waals surface area contributed by atoms with Crippen molar-refractivity contribution in [3.05, 3.63) is 53.7 Å². The monoisotopic (exact) mass is 325 g/mol. The lowest BCUT2D eigenvalue weighted by atomic mass is 10.0. The van der Waals surface area contributed by atoms with Crippen LogP contribution in [-0.4, -0.2) is 23.8 Å². The molecule has 0 amide bonds. The second-order valence-electron chi connectivity index (χ2n) is 6.32. The fourth-order valence-corrected chi connectivity index (χ4v) is 4.61. The standard InChI is InChI=1S/C19H23N3S/c1-2-6-18-16(5-1)17(8-12-23-18)21-14-15-7-9-20-19(13-15)22-10-3-4-11-22/h1-2,5-7,9,13,17,21H,3-4,8,10-12,14H2. The van der Waals surface area contributed by atoms with Gasteiger partial charge in [-0.1, -0.05) is 18.2 Å². The quantitative estimate of drug-likeness (QED) is 0.919. The van der Waals surface area contributed by atoms with Gasteiger partial charge in [-0.3, -0.25) is 0 Å². The maximum absolute atomic E-state index is 4.55. The van der Waals surface area contributed by atoms with Crippen molar-refractivity contribution in [1.29, 1.82) is 0 Å². The molecule has 120 valence electrons. The highest BCUT2D eigenvalue weighted by Gasteiger charge is 2.20. The fraction of sp³-hybridized carbons (Fsp3) is 0.421. The summed E-state index contributed by atoms with van der Waals surface area (Å²) >= 11 is 1.98. The average Bonchev–Trinajstić information content (AvgIpc) is 3.15. The first-order valence-electron chi connectivity index (χ1n) is 8.55. The molecule has 1 unspecified atom stereocenters. The maximum atomic E-state index is 4.55. The van der Waals surface area contributed by atoms with Crippen LogP contribution >= 0.6 is 11.8 Å². The van der Waals surface area contributed by atoms with E-state index in [1.165, 1.54) is 41.0 Å². The molecule has 3 heterocycles. The van der Waals surface area contributed by atoms with Crippen LogP contribution in [0.4, 0.5) is 5.82 Å². The molecule has 2 aliphatic rings. The Bertz CT molecular complexity index is 667. The topological polar surface area (TPSA) is 28.2 Å². The van der Waals surface area contributed by atoms with Crippen LogP contribution in [0.25, 0.3) is 0 Å². The number of thioether (sulfide) groups is 1. The minimum absolute atomic E-state index is 0.468. The van der Waals surface area contributed by atoms with Crippen LogP contribution in [0.2, 0.25) is 0 Å². The van der Waals surface area contributed by atoms with Crippen molar-refractivity contribution in [1.82, 2.24) is 10.3 Å². The van der Waals surface area contributed by atoms with Crippen LogP contribution in [0.5, 0.6) is 0 Å². The average molecular weight is 325 g/mol. The fourth-order valence-electron chi connectivity index (χ4n) is 3.48. The largest absolute Gasteiger partial charge is 0.357 e. The van der Waals surface area contributed by atoms with Crippen LogP contribution < -0.4 is 10.2 Å². The number of anilines is 1. The summed E-state index contributed by atoms with van der Waals surface area (Å²) < 4.78 is 0. The highest BCUT2D eigenvalue weighted by Crippen LogP contribution is 2.35. The van der Waals surface area contributed by atoms with Crippen molar-refractivity contribution in [3.63, 3.8) is 0 Å². The molecule has 3 nitrogen and oxygen atoms in total. The molecule has 1 aromatic heterocycles. The van der Waals surface area contributed by atoms with Crippen molar-refractivity contribution >= 4 is 17.6 Å². The number of rotatable bonds is 4. The van der Waals surface area contributed by atoms with Gasteiger partial charge in [0, 0.05) is 36.8 Å². The molecule has 4 heteroatoms. The molecular formula is C19H23N3S. The second-order valence-corrected chi connectivity index (χ2v) is 7.46. The summed E-state index contributed by atoms with van der Waals surface area (Å²) in [4.78, 5) is 8.38. The van der Waals surface area contributed by atoms with Gasteiger partial charge < -0.3 is 10.2 Å². The molecule has 23 heavy (non-hydrogen) atoms. The molecule has 1 atom stereocenters. The van der Waals surface area contributed by atoms with Crippen molar-refractivity contribution in [2.75, 3.05) is 23.7 Å². The molecule has 4 rings (SSSR count). The highest BCUT2D eigenvalue weighted by molar-refractivity contribution is 7.99. The molecular weight excluding hydrogens is 302 g/mol. The predicted octanol–water partition coefficient (Wildman–Crippen LogP) is 4.01. The summed E-state index contributed by atoms with van der Waals surface area (Å²) in [6.07, 6.45) is 5.74. The summed E-state index contributed by atoms with van der Waals surface area (Å²) in [6.45, 7) is 3.21. The number of aromatic nitrogens is 1. The molecule has 0 saturated carbocycles. The number of nitrogens with one attached hydrogen (secondary N) is 1. The molecule has 0 spiro atoms. The molecule has 1 saturated heterocycles. The van der Waals surface area contributed by atoms with E-state index >= 15 is 0 Å². The predicted molar refractivity (Wildman–Crippen MR) is 97.0 cm³/mol. The van der Waals surface area contributed by atoms with E-state index in [2.05, 4.69) is 51.6 Å². The van der Waals surface area contributed by atoms with Crippen LogP contribution in [0.3, 0.4) is 0 Å². The lowest BCUT2D eigenvalue weighted by Gasteiger charge is -2.26. The van der Waals surface area contributed by atoms with E-state index < -0.39 is 0 Å². The lowest BCUT2D eigenvalue weighted by Crippen LogP contribution is -2.24. The summed E-state index contributed by atoms with van der Waals surface area (Å²) in [5.74, 6) is 2.34. The van der Waals surface area contributed by atoms with E-state index in [1.54, 1.807) is 0 Å². The van der Waals surface area contributed by atoms with Gasteiger partial charge in [0.05, 0.1) is 0 Å². The maximum Gasteiger partial charge on any atom is 0.128 e. The van der Waals surface area contributed by atoms with E-state index in [-0.39, 0.29) is 0 Å². The first kappa shape index (κ1) is 15.0. The number of benzene rings is 1. The molecule has 2 aliphatic heterocycles. The third kappa shape index (κ3) is 3.38. The Morgan fingerprint density at radius 1 is 1.17 bits per heavy atom. The van der Waals surface area contributed by atoms with Gasteiger partial charge in [0.2, 0.25) is 0 Å². The van der Waals surface area contributed by atoms with Gasteiger partial charge in [-0.15, -0.1) is 11.8 Å². The van der Waals surface area contributed by atoms with E-state index in [0.29, 0.717) is 6.04 Å². The zero-order valence-corrected chi connectivity index (χ0v) is 14.2. The number of fused-ring (bicyclic) bond motifs is 1. The zero-order valence-electron chi connectivity index (χ0n) is 13.4. The van der Waals surface area contributed by atoms with Crippen LogP contribution in [0, 0.1) is 0 Å². The Balaban J connectivity index is 1.44. The number of nitrogens with zero attached hydrogens (tertiary/aromatic N) is 2. The number of pyridine rings is 1. The Kier molecular flexibility index (Phi) is 4.53. The highest BCUT2D eigenvalue weighted by atomic mass is 32.2. The van der Waals surface area contributed by atoms with Crippen LogP contribution in [-0.2, 0) is 6.54 Å². The SMILES string of the molecule is c1ccc2c(c1)SCCC2NCc1ccnc(N2CCCC2)c1. The first-order valence-corrected chi connectivity index (χ1v) is 9.54.